The Labute approximate surface area is 211 Å². The van der Waals surface area contributed by atoms with Gasteiger partial charge in [0.1, 0.15) is 5.82 Å². The molecule has 0 bridgehead atoms. The number of benzene rings is 2. The molecule has 0 aliphatic heterocycles. The predicted octanol–water partition coefficient (Wildman–Crippen LogP) is 2.65. The Morgan fingerprint density at radius 2 is 1.72 bits per heavy atom. The van der Waals surface area contributed by atoms with E-state index in [0.717, 1.165) is 21.9 Å². The average Bonchev–Trinajstić information content (AvgIpc) is 3.41. The lowest BCUT2D eigenvalue weighted by Gasteiger charge is -2.08. The zero-order chi connectivity index (χ0) is 25.6. The first-order chi connectivity index (χ1) is 17.2. The van der Waals surface area contributed by atoms with Gasteiger partial charge in [-0.25, -0.2) is 13.6 Å². The lowest BCUT2D eigenvalue weighted by atomic mass is 10.2. The second-order valence-electron chi connectivity index (χ2n) is 8.05. The Bertz CT molecular complexity index is 1740. The van der Waals surface area contributed by atoms with E-state index in [0.29, 0.717) is 27.3 Å². The van der Waals surface area contributed by atoms with Gasteiger partial charge >= 0.3 is 5.69 Å². The number of carbonyl (C=O) groups is 1. The van der Waals surface area contributed by atoms with Crippen LogP contribution in [0.1, 0.15) is 5.56 Å². The third kappa shape index (κ3) is 4.18. The molecule has 3 heterocycles. The zero-order valence-electron chi connectivity index (χ0n) is 19.1. The average molecular weight is 528 g/mol. The van der Waals surface area contributed by atoms with Gasteiger partial charge in [0.05, 0.1) is 12.3 Å². The minimum absolute atomic E-state index is 0.0270. The summed E-state index contributed by atoms with van der Waals surface area (Å²) in [6, 6.07) is 12.6. The van der Waals surface area contributed by atoms with Gasteiger partial charge in [-0.1, -0.05) is 35.5 Å². The standard InChI is InChI=1S/C23H19ClFN7O3S/c1-29-19-18(20(34)30(2)23(29)35)31(11-13-3-5-14(24)6-4-13)21-27-28-22(32(19)21)36-12-17(33)26-16-9-7-15(25)8-10-16/h3-10H,11-12H2,1-2H3,(H,26,33). The van der Waals surface area contributed by atoms with Crippen LogP contribution >= 0.6 is 23.4 Å². The first-order valence-electron chi connectivity index (χ1n) is 10.7. The molecule has 3 aromatic heterocycles. The first-order valence-corrected chi connectivity index (χ1v) is 12.1. The van der Waals surface area contributed by atoms with Crippen molar-refractivity contribution in [3.63, 3.8) is 0 Å². The highest BCUT2D eigenvalue weighted by atomic mass is 35.5. The van der Waals surface area contributed by atoms with Crippen molar-refractivity contribution in [2.24, 2.45) is 14.1 Å². The molecule has 5 aromatic rings. The van der Waals surface area contributed by atoms with Crippen LogP contribution < -0.4 is 16.6 Å². The second-order valence-corrected chi connectivity index (χ2v) is 9.43. The summed E-state index contributed by atoms with van der Waals surface area (Å²) in [7, 11) is 2.98. The minimum Gasteiger partial charge on any atom is -0.325 e. The largest absolute Gasteiger partial charge is 0.332 e. The highest BCUT2D eigenvalue weighted by molar-refractivity contribution is 7.99. The molecule has 0 saturated carbocycles. The molecule has 0 aliphatic rings. The molecule has 0 fully saturated rings. The number of hydrogen-bond donors (Lipinski definition) is 1. The Morgan fingerprint density at radius 3 is 2.42 bits per heavy atom. The fourth-order valence-corrected chi connectivity index (χ4v) is 4.76. The number of nitrogens with zero attached hydrogens (tertiary/aromatic N) is 6. The lowest BCUT2D eigenvalue weighted by molar-refractivity contribution is -0.113. The van der Waals surface area contributed by atoms with Crippen molar-refractivity contribution in [3.8, 4) is 0 Å². The molecule has 0 unspecified atom stereocenters. The van der Waals surface area contributed by atoms with Crippen molar-refractivity contribution in [1.82, 2.24) is 28.3 Å². The fraction of sp³-hybridized carbons (Fsp3) is 0.174. The van der Waals surface area contributed by atoms with Crippen LogP contribution in [0.25, 0.3) is 16.9 Å². The van der Waals surface area contributed by atoms with Crippen LogP contribution in [-0.4, -0.2) is 40.0 Å². The SMILES string of the molecule is Cn1c(=O)c2c(n(C)c1=O)n1c(SCC(=O)Nc3ccc(F)cc3)nnc1n2Cc1ccc(Cl)cc1. The Hall–Kier alpha value is -3.90. The van der Waals surface area contributed by atoms with E-state index < -0.39 is 17.1 Å². The van der Waals surface area contributed by atoms with Crippen molar-refractivity contribution in [1.29, 1.82) is 0 Å². The monoisotopic (exact) mass is 527 g/mol. The van der Waals surface area contributed by atoms with Gasteiger partial charge in [-0.15, -0.1) is 10.2 Å². The molecule has 0 radical (unpaired) electrons. The number of rotatable bonds is 6. The number of amides is 1. The Kier molecular flexibility index (Phi) is 6.14. The minimum atomic E-state index is -0.503. The van der Waals surface area contributed by atoms with Crippen LogP contribution in [0, 0.1) is 5.82 Å². The maximum atomic E-state index is 13.2. The molecule has 0 aliphatic carbocycles. The van der Waals surface area contributed by atoms with Gasteiger partial charge in [-0.3, -0.25) is 23.3 Å². The number of aromatic nitrogens is 6. The highest BCUT2D eigenvalue weighted by Gasteiger charge is 2.24. The number of anilines is 1. The number of aryl methyl sites for hydroxylation is 1. The predicted molar refractivity (Wildman–Crippen MR) is 135 cm³/mol. The molecule has 2 aromatic carbocycles. The quantitative estimate of drug-likeness (QED) is 0.340. The number of carbonyl (C=O) groups excluding carboxylic acids is 1. The van der Waals surface area contributed by atoms with E-state index in [1.54, 1.807) is 28.1 Å². The third-order valence-electron chi connectivity index (χ3n) is 5.66. The number of fused-ring (bicyclic) bond motifs is 3. The normalized spacial score (nSPS) is 11.4. The fourth-order valence-electron chi connectivity index (χ4n) is 3.91. The summed E-state index contributed by atoms with van der Waals surface area (Å²) in [5, 5.41) is 12.1. The summed E-state index contributed by atoms with van der Waals surface area (Å²) in [6.45, 7) is 0.283. The van der Waals surface area contributed by atoms with E-state index in [-0.39, 0.29) is 23.7 Å². The van der Waals surface area contributed by atoms with Gasteiger partial charge in [-0.2, -0.15) is 0 Å². The molecule has 1 N–H and O–H groups in total. The third-order valence-corrected chi connectivity index (χ3v) is 6.85. The molecule has 184 valence electrons. The van der Waals surface area contributed by atoms with Gasteiger partial charge in [0.15, 0.2) is 16.3 Å². The summed E-state index contributed by atoms with van der Waals surface area (Å²) >= 11 is 7.11. The van der Waals surface area contributed by atoms with Crippen molar-refractivity contribution in [3.05, 3.63) is 85.8 Å². The molecule has 0 spiro atoms. The van der Waals surface area contributed by atoms with Gasteiger partial charge < -0.3 is 5.32 Å². The number of thioether (sulfide) groups is 1. The molecular formula is C23H19ClFN7O3S. The first kappa shape index (κ1) is 23.8. The van der Waals surface area contributed by atoms with Crippen molar-refractivity contribution in [2.45, 2.75) is 11.7 Å². The molecule has 0 atom stereocenters. The Morgan fingerprint density at radius 1 is 1.03 bits per heavy atom. The van der Waals surface area contributed by atoms with Gasteiger partial charge in [0.25, 0.3) is 5.56 Å². The van der Waals surface area contributed by atoms with Crippen LogP contribution in [0.4, 0.5) is 10.1 Å². The number of imidazole rings is 1. The number of hydrogen-bond acceptors (Lipinski definition) is 6. The van der Waals surface area contributed by atoms with E-state index in [9.17, 15) is 18.8 Å². The summed E-state index contributed by atoms with van der Waals surface area (Å²) < 4.78 is 18.8. The molecule has 10 nitrogen and oxygen atoms in total. The summed E-state index contributed by atoms with van der Waals surface area (Å²) in [6.07, 6.45) is 0. The van der Waals surface area contributed by atoms with E-state index in [1.165, 1.54) is 35.9 Å². The summed E-state index contributed by atoms with van der Waals surface area (Å²) in [5.41, 5.74) is 0.939. The van der Waals surface area contributed by atoms with E-state index >= 15 is 0 Å². The lowest BCUT2D eigenvalue weighted by Crippen LogP contribution is -2.37. The van der Waals surface area contributed by atoms with E-state index in [2.05, 4.69) is 15.5 Å². The van der Waals surface area contributed by atoms with Crippen LogP contribution in [0.2, 0.25) is 5.02 Å². The molecule has 1 amide bonds. The van der Waals surface area contributed by atoms with Gasteiger partial charge in [0.2, 0.25) is 11.7 Å². The van der Waals surface area contributed by atoms with Gasteiger partial charge in [-0.05, 0) is 42.0 Å². The topological polar surface area (TPSA) is 108 Å². The molecule has 0 saturated heterocycles. The molecule has 36 heavy (non-hydrogen) atoms. The van der Waals surface area contributed by atoms with Crippen LogP contribution in [0.5, 0.6) is 0 Å². The Balaban J connectivity index is 1.56. The number of nitrogens with one attached hydrogen (secondary N) is 1. The number of halogens is 2. The van der Waals surface area contributed by atoms with E-state index in [4.69, 9.17) is 11.6 Å². The smallest absolute Gasteiger partial charge is 0.325 e. The van der Waals surface area contributed by atoms with Crippen molar-refractivity contribution < 1.29 is 9.18 Å². The highest BCUT2D eigenvalue weighted by Crippen LogP contribution is 2.25. The molecule has 5 rings (SSSR count). The molecular weight excluding hydrogens is 509 g/mol. The van der Waals surface area contributed by atoms with Crippen LogP contribution in [0.15, 0.2) is 63.3 Å². The van der Waals surface area contributed by atoms with E-state index in [1.807, 2.05) is 12.1 Å². The van der Waals surface area contributed by atoms with Gasteiger partial charge in [0, 0.05) is 24.8 Å². The maximum absolute atomic E-state index is 13.2. The summed E-state index contributed by atoms with van der Waals surface area (Å²) in [4.78, 5) is 38.4. The van der Waals surface area contributed by atoms with Crippen molar-refractivity contribution in [2.75, 3.05) is 11.1 Å². The second kappa shape index (κ2) is 9.28. The van der Waals surface area contributed by atoms with Crippen molar-refractivity contribution >= 4 is 51.9 Å². The zero-order valence-corrected chi connectivity index (χ0v) is 20.7. The van der Waals surface area contributed by atoms with Crippen LogP contribution in [0.3, 0.4) is 0 Å². The van der Waals surface area contributed by atoms with Crippen LogP contribution in [-0.2, 0) is 25.4 Å². The summed E-state index contributed by atoms with van der Waals surface area (Å²) in [5.74, 6) is -0.418. The molecule has 13 heteroatoms. The maximum Gasteiger partial charge on any atom is 0.332 e.